The number of rotatable bonds is 5. The maximum absolute atomic E-state index is 13.6. The van der Waals surface area contributed by atoms with Gasteiger partial charge in [0.05, 0.1) is 13.2 Å². The number of thiocarbonyl (C=S) groups is 1. The van der Waals surface area contributed by atoms with E-state index in [1.165, 1.54) is 18.2 Å². The second kappa shape index (κ2) is 6.54. The number of ether oxygens (including phenoxy) is 1. The van der Waals surface area contributed by atoms with E-state index in [-0.39, 0.29) is 24.0 Å². The van der Waals surface area contributed by atoms with Gasteiger partial charge in [-0.05, 0) is 24.3 Å². The van der Waals surface area contributed by atoms with E-state index >= 15 is 0 Å². The molecule has 2 aromatic rings. The van der Waals surface area contributed by atoms with E-state index in [0.717, 1.165) is 0 Å². The minimum atomic E-state index is -0.404. The number of hydrogen-bond donors (Lipinski definition) is 1. The Morgan fingerprint density at radius 2 is 1.65 bits per heavy atom. The second-order valence-corrected chi connectivity index (χ2v) is 4.69. The summed E-state index contributed by atoms with van der Waals surface area (Å²) in [6.07, 6.45) is 0. The van der Waals surface area contributed by atoms with Gasteiger partial charge in [0.15, 0.2) is 0 Å². The van der Waals surface area contributed by atoms with Crippen LogP contribution in [0.2, 0.25) is 0 Å². The summed E-state index contributed by atoms with van der Waals surface area (Å²) in [5.74, 6) is -0.747. The molecule has 20 heavy (non-hydrogen) atoms. The van der Waals surface area contributed by atoms with Crippen molar-refractivity contribution >= 4 is 17.2 Å². The lowest BCUT2D eigenvalue weighted by Gasteiger charge is -2.08. The van der Waals surface area contributed by atoms with Gasteiger partial charge in [-0.2, -0.15) is 0 Å². The van der Waals surface area contributed by atoms with Gasteiger partial charge in [0.1, 0.15) is 16.6 Å². The van der Waals surface area contributed by atoms with Crippen molar-refractivity contribution in [1.29, 1.82) is 0 Å². The van der Waals surface area contributed by atoms with Crippen LogP contribution in [0.4, 0.5) is 8.78 Å². The van der Waals surface area contributed by atoms with Gasteiger partial charge >= 0.3 is 0 Å². The first-order valence-corrected chi connectivity index (χ1v) is 6.38. The van der Waals surface area contributed by atoms with Crippen LogP contribution in [0.5, 0.6) is 0 Å². The average molecular weight is 293 g/mol. The predicted octanol–water partition coefficient (Wildman–Crippen LogP) is 3.32. The summed E-state index contributed by atoms with van der Waals surface area (Å²) in [6.45, 7) is 0.0973. The van der Waals surface area contributed by atoms with Crippen LogP contribution < -0.4 is 5.73 Å². The van der Waals surface area contributed by atoms with Gasteiger partial charge in [0.2, 0.25) is 0 Å². The monoisotopic (exact) mass is 293 g/mol. The topological polar surface area (TPSA) is 35.2 Å². The van der Waals surface area contributed by atoms with Crippen LogP contribution in [0, 0.1) is 11.6 Å². The number of benzene rings is 2. The molecule has 0 amide bonds. The molecule has 0 aliphatic carbocycles. The Balaban J connectivity index is 2.02. The van der Waals surface area contributed by atoms with Crippen LogP contribution >= 0.6 is 12.2 Å². The maximum Gasteiger partial charge on any atom is 0.128 e. The zero-order chi connectivity index (χ0) is 14.5. The molecule has 0 saturated heterocycles. The highest BCUT2D eigenvalue weighted by Crippen LogP contribution is 2.14. The summed E-state index contributed by atoms with van der Waals surface area (Å²) in [5, 5.41) is 0. The van der Waals surface area contributed by atoms with Gasteiger partial charge in [0, 0.05) is 16.7 Å². The Morgan fingerprint density at radius 3 is 2.35 bits per heavy atom. The van der Waals surface area contributed by atoms with Crippen molar-refractivity contribution in [2.24, 2.45) is 5.73 Å². The highest BCUT2D eigenvalue weighted by molar-refractivity contribution is 7.80. The predicted molar refractivity (Wildman–Crippen MR) is 77.2 cm³/mol. The molecular formula is C15H13F2NOS. The summed E-state index contributed by atoms with van der Waals surface area (Å²) in [5.41, 5.74) is 6.83. The minimum absolute atomic E-state index is 0.0244. The van der Waals surface area contributed by atoms with E-state index in [1.54, 1.807) is 24.3 Å². The van der Waals surface area contributed by atoms with E-state index in [9.17, 15) is 8.78 Å². The van der Waals surface area contributed by atoms with Crippen molar-refractivity contribution in [1.82, 2.24) is 0 Å². The average Bonchev–Trinajstić information content (AvgIpc) is 2.42. The van der Waals surface area contributed by atoms with Crippen molar-refractivity contribution in [3.8, 4) is 0 Å². The van der Waals surface area contributed by atoms with E-state index in [0.29, 0.717) is 16.7 Å². The van der Waals surface area contributed by atoms with Crippen LogP contribution in [-0.4, -0.2) is 4.99 Å². The van der Waals surface area contributed by atoms with Crippen LogP contribution in [0.15, 0.2) is 42.5 Å². The van der Waals surface area contributed by atoms with Crippen LogP contribution in [0.3, 0.4) is 0 Å². The van der Waals surface area contributed by atoms with Gasteiger partial charge in [-0.1, -0.05) is 30.4 Å². The lowest BCUT2D eigenvalue weighted by molar-refractivity contribution is 0.102. The third-order valence-corrected chi connectivity index (χ3v) is 3.04. The SMILES string of the molecule is NC(=S)c1ccc(F)c(COCc2ccccc2F)c1. The molecule has 2 N–H and O–H groups in total. The molecule has 0 bridgehead atoms. The fourth-order valence-corrected chi connectivity index (χ4v) is 1.85. The first-order valence-electron chi connectivity index (χ1n) is 5.97. The lowest BCUT2D eigenvalue weighted by Crippen LogP contribution is -2.10. The van der Waals surface area contributed by atoms with Crippen LogP contribution in [0.1, 0.15) is 16.7 Å². The quantitative estimate of drug-likeness (QED) is 0.859. The fraction of sp³-hybridized carbons (Fsp3) is 0.133. The van der Waals surface area contributed by atoms with Crippen molar-refractivity contribution in [3.63, 3.8) is 0 Å². The molecule has 2 aromatic carbocycles. The molecule has 5 heteroatoms. The molecule has 0 aromatic heterocycles. The molecule has 0 spiro atoms. The van der Waals surface area contributed by atoms with Crippen molar-refractivity contribution in [2.75, 3.05) is 0 Å². The summed E-state index contributed by atoms with van der Waals surface area (Å²) in [4.78, 5) is 0.195. The van der Waals surface area contributed by atoms with Crippen LogP contribution in [0.25, 0.3) is 0 Å². The second-order valence-electron chi connectivity index (χ2n) is 4.25. The molecule has 0 unspecified atom stereocenters. The molecule has 0 atom stereocenters. The molecule has 0 aliphatic rings. The normalized spacial score (nSPS) is 10.5. The molecule has 0 radical (unpaired) electrons. The summed E-state index contributed by atoms with van der Waals surface area (Å²) < 4.78 is 32.3. The molecule has 2 nitrogen and oxygen atoms in total. The third-order valence-electron chi connectivity index (χ3n) is 2.80. The number of hydrogen-bond acceptors (Lipinski definition) is 2. The van der Waals surface area contributed by atoms with Gasteiger partial charge < -0.3 is 10.5 Å². The fourth-order valence-electron chi connectivity index (χ4n) is 1.73. The summed E-state index contributed by atoms with van der Waals surface area (Å²) in [6, 6.07) is 10.6. The summed E-state index contributed by atoms with van der Waals surface area (Å²) in [7, 11) is 0. The zero-order valence-corrected chi connectivity index (χ0v) is 11.4. The molecule has 104 valence electrons. The van der Waals surface area contributed by atoms with Crippen molar-refractivity contribution in [2.45, 2.75) is 13.2 Å². The van der Waals surface area contributed by atoms with Crippen LogP contribution in [-0.2, 0) is 18.0 Å². The zero-order valence-electron chi connectivity index (χ0n) is 10.6. The molecule has 2 rings (SSSR count). The summed E-state index contributed by atoms with van der Waals surface area (Å²) >= 11 is 4.84. The maximum atomic E-state index is 13.6. The Bertz CT molecular complexity index is 631. The third kappa shape index (κ3) is 3.59. The van der Waals surface area contributed by atoms with Crippen molar-refractivity contribution < 1.29 is 13.5 Å². The van der Waals surface area contributed by atoms with E-state index < -0.39 is 5.82 Å². The molecule has 0 saturated carbocycles. The van der Waals surface area contributed by atoms with E-state index in [1.807, 2.05) is 0 Å². The largest absolute Gasteiger partial charge is 0.389 e. The van der Waals surface area contributed by atoms with Gasteiger partial charge in [-0.15, -0.1) is 0 Å². The Morgan fingerprint density at radius 1 is 1.00 bits per heavy atom. The van der Waals surface area contributed by atoms with Gasteiger partial charge in [0.25, 0.3) is 0 Å². The van der Waals surface area contributed by atoms with E-state index in [4.69, 9.17) is 22.7 Å². The number of nitrogens with two attached hydrogens (primary N) is 1. The minimum Gasteiger partial charge on any atom is -0.389 e. The Hall–Kier alpha value is -1.85. The lowest BCUT2D eigenvalue weighted by atomic mass is 10.1. The molecule has 0 fully saturated rings. The van der Waals surface area contributed by atoms with Crippen molar-refractivity contribution in [3.05, 3.63) is 70.8 Å². The highest BCUT2D eigenvalue weighted by atomic mass is 32.1. The smallest absolute Gasteiger partial charge is 0.128 e. The van der Waals surface area contributed by atoms with Gasteiger partial charge in [-0.25, -0.2) is 8.78 Å². The first kappa shape index (κ1) is 14.6. The first-order chi connectivity index (χ1) is 9.58. The van der Waals surface area contributed by atoms with Gasteiger partial charge in [-0.3, -0.25) is 0 Å². The standard InChI is InChI=1S/C15H13F2NOS/c16-13-4-2-1-3-11(13)8-19-9-12-7-10(15(18)20)5-6-14(12)17/h1-7H,8-9H2,(H2,18,20). The Labute approximate surface area is 121 Å². The molecular weight excluding hydrogens is 280 g/mol. The Kier molecular flexibility index (Phi) is 4.76. The van der Waals surface area contributed by atoms with E-state index in [2.05, 4.69) is 0 Å². The highest BCUT2D eigenvalue weighted by Gasteiger charge is 2.07. The molecule has 0 aliphatic heterocycles. The molecule has 0 heterocycles. The number of halogens is 2.